The van der Waals surface area contributed by atoms with Crippen LogP contribution in [0.5, 0.6) is 0 Å². The van der Waals surface area contributed by atoms with Crippen LogP contribution in [0.2, 0.25) is 0 Å². The van der Waals surface area contributed by atoms with Gasteiger partial charge in [-0.2, -0.15) is 0 Å². The third kappa shape index (κ3) is 1.84. The van der Waals surface area contributed by atoms with Gasteiger partial charge in [0.15, 0.2) is 6.29 Å². The van der Waals surface area contributed by atoms with Crippen LogP contribution in [-0.4, -0.2) is 65.7 Å². The van der Waals surface area contributed by atoms with Crippen molar-refractivity contribution >= 4 is 0 Å². The van der Waals surface area contributed by atoms with E-state index >= 15 is 0 Å². The SMILES string of the molecule is COC1(C)OC2C(O)[C@@H](O)C(CO)O[C@@H]2O1. The lowest BCUT2D eigenvalue weighted by atomic mass is 9.99. The van der Waals surface area contributed by atoms with Crippen LogP contribution in [0.15, 0.2) is 0 Å². The lowest BCUT2D eigenvalue weighted by Gasteiger charge is -2.36. The molecule has 6 atom stereocenters. The molecule has 3 N–H and O–H groups in total. The number of hydrogen-bond donors (Lipinski definition) is 3. The number of aliphatic hydroxyl groups is 3. The zero-order chi connectivity index (χ0) is 11.9. The van der Waals surface area contributed by atoms with Crippen molar-refractivity contribution in [3.05, 3.63) is 0 Å². The molecule has 2 rings (SSSR count). The zero-order valence-corrected chi connectivity index (χ0v) is 9.07. The van der Waals surface area contributed by atoms with Gasteiger partial charge in [0, 0.05) is 14.0 Å². The van der Waals surface area contributed by atoms with Gasteiger partial charge >= 0.3 is 0 Å². The largest absolute Gasteiger partial charge is 0.394 e. The van der Waals surface area contributed by atoms with E-state index in [4.69, 9.17) is 24.1 Å². The Morgan fingerprint density at radius 1 is 1.25 bits per heavy atom. The molecule has 0 aromatic carbocycles. The molecule has 2 fully saturated rings. The maximum absolute atomic E-state index is 9.78. The molecule has 0 aromatic rings. The van der Waals surface area contributed by atoms with Crippen LogP contribution in [0, 0.1) is 0 Å². The second kappa shape index (κ2) is 4.19. The molecule has 94 valence electrons. The first-order valence-corrected chi connectivity index (χ1v) is 5.04. The average Bonchev–Trinajstić information content (AvgIpc) is 2.62. The van der Waals surface area contributed by atoms with Crippen LogP contribution in [0.25, 0.3) is 0 Å². The fourth-order valence-corrected chi connectivity index (χ4v) is 1.86. The maximum atomic E-state index is 9.78. The molecule has 0 radical (unpaired) electrons. The minimum atomic E-state index is -1.31. The van der Waals surface area contributed by atoms with Gasteiger partial charge in [-0.1, -0.05) is 0 Å². The van der Waals surface area contributed by atoms with Crippen molar-refractivity contribution in [1.82, 2.24) is 0 Å². The Morgan fingerprint density at radius 3 is 2.50 bits per heavy atom. The number of rotatable bonds is 2. The lowest BCUT2D eigenvalue weighted by molar-refractivity contribution is -0.334. The number of fused-ring (bicyclic) bond motifs is 1. The number of aliphatic hydroxyl groups excluding tert-OH is 3. The average molecular weight is 236 g/mol. The first kappa shape index (κ1) is 12.2. The fraction of sp³-hybridized carbons (Fsp3) is 1.00. The fourth-order valence-electron chi connectivity index (χ4n) is 1.86. The lowest BCUT2D eigenvalue weighted by Crippen LogP contribution is -2.57. The summed E-state index contributed by atoms with van der Waals surface area (Å²) in [7, 11) is 1.39. The van der Waals surface area contributed by atoms with Gasteiger partial charge in [0.05, 0.1) is 6.61 Å². The molecule has 2 saturated heterocycles. The summed E-state index contributed by atoms with van der Waals surface area (Å²) in [4.78, 5) is 0. The quantitative estimate of drug-likeness (QED) is 0.518. The van der Waals surface area contributed by atoms with Gasteiger partial charge in [-0.05, 0) is 0 Å². The molecule has 4 unspecified atom stereocenters. The predicted molar refractivity (Wildman–Crippen MR) is 49.1 cm³/mol. The monoisotopic (exact) mass is 236 g/mol. The Bertz CT molecular complexity index is 260. The summed E-state index contributed by atoms with van der Waals surface area (Å²) in [5.41, 5.74) is 0. The van der Waals surface area contributed by atoms with E-state index in [2.05, 4.69) is 0 Å². The van der Waals surface area contributed by atoms with Crippen molar-refractivity contribution in [2.75, 3.05) is 13.7 Å². The second-order valence-electron chi connectivity index (χ2n) is 3.97. The van der Waals surface area contributed by atoms with Crippen LogP contribution in [0.3, 0.4) is 0 Å². The van der Waals surface area contributed by atoms with E-state index < -0.39 is 43.3 Å². The minimum absolute atomic E-state index is 0.408. The second-order valence-corrected chi connectivity index (χ2v) is 3.97. The number of ether oxygens (including phenoxy) is 4. The normalized spacial score (nSPS) is 52.7. The summed E-state index contributed by atoms with van der Waals surface area (Å²) < 4.78 is 20.8. The first-order chi connectivity index (χ1) is 7.50. The maximum Gasteiger partial charge on any atom is 0.282 e. The van der Waals surface area contributed by atoms with Crippen molar-refractivity contribution in [3.8, 4) is 0 Å². The highest BCUT2D eigenvalue weighted by Gasteiger charge is 2.55. The highest BCUT2D eigenvalue weighted by molar-refractivity contribution is 4.93. The smallest absolute Gasteiger partial charge is 0.282 e. The molecule has 7 nitrogen and oxygen atoms in total. The highest BCUT2D eigenvalue weighted by Crippen LogP contribution is 2.36. The van der Waals surface area contributed by atoms with Crippen molar-refractivity contribution in [2.24, 2.45) is 0 Å². The van der Waals surface area contributed by atoms with Crippen molar-refractivity contribution in [2.45, 2.75) is 43.6 Å². The van der Waals surface area contributed by atoms with Crippen LogP contribution >= 0.6 is 0 Å². The summed E-state index contributed by atoms with van der Waals surface area (Å²) in [6, 6.07) is 0. The Balaban J connectivity index is 2.13. The molecule has 0 saturated carbocycles. The number of methoxy groups -OCH3 is 1. The molecular formula is C9H16O7. The predicted octanol–water partition coefficient (Wildman–Crippen LogP) is -1.84. The Morgan fingerprint density at radius 2 is 1.94 bits per heavy atom. The molecule has 16 heavy (non-hydrogen) atoms. The molecule has 0 amide bonds. The molecule has 2 aliphatic rings. The van der Waals surface area contributed by atoms with Crippen molar-refractivity contribution in [3.63, 3.8) is 0 Å². The Hall–Kier alpha value is -0.280. The summed E-state index contributed by atoms with van der Waals surface area (Å²) >= 11 is 0. The van der Waals surface area contributed by atoms with E-state index in [9.17, 15) is 10.2 Å². The molecule has 0 aromatic heterocycles. The van der Waals surface area contributed by atoms with E-state index in [-0.39, 0.29) is 0 Å². The zero-order valence-electron chi connectivity index (χ0n) is 9.07. The van der Waals surface area contributed by atoms with Gasteiger partial charge in [0.25, 0.3) is 5.97 Å². The molecular weight excluding hydrogens is 220 g/mol. The molecule has 2 aliphatic heterocycles. The molecule has 7 heteroatoms. The van der Waals surface area contributed by atoms with Crippen LogP contribution in [-0.2, 0) is 18.9 Å². The van der Waals surface area contributed by atoms with Gasteiger partial charge in [-0.25, -0.2) is 0 Å². The number of hydrogen-bond acceptors (Lipinski definition) is 7. The highest BCUT2D eigenvalue weighted by atomic mass is 16.9. The standard InChI is InChI=1S/C9H16O7/c1-9(13-2)15-7-6(12)5(11)4(3-10)14-8(7)16-9/h4-8,10-12H,3H2,1-2H3/t4?,5-,6?,7?,8+,9?/m0/s1. The van der Waals surface area contributed by atoms with Crippen LogP contribution in [0.1, 0.15) is 6.92 Å². The third-order valence-electron chi connectivity index (χ3n) is 2.88. The van der Waals surface area contributed by atoms with Crippen molar-refractivity contribution < 1.29 is 34.3 Å². The van der Waals surface area contributed by atoms with E-state index in [1.165, 1.54) is 14.0 Å². The minimum Gasteiger partial charge on any atom is -0.394 e. The van der Waals surface area contributed by atoms with Gasteiger partial charge in [-0.15, -0.1) is 0 Å². The van der Waals surface area contributed by atoms with Crippen molar-refractivity contribution in [1.29, 1.82) is 0 Å². The van der Waals surface area contributed by atoms with E-state index in [0.717, 1.165) is 0 Å². The van der Waals surface area contributed by atoms with E-state index in [0.29, 0.717) is 0 Å². The summed E-state index contributed by atoms with van der Waals surface area (Å²) in [6.45, 7) is 1.12. The topological polar surface area (TPSA) is 97.6 Å². The summed E-state index contributed by atoms with van der Waals surface area (Å²) in [5, 5.41) is 28.4. The van der Waals surface area contributed by atoms with Crippen LogP contribution < -0.4 is 0 Å². The Kier molecular flexibility index (Phi) is 3.19. The van der Waals surface area contributed by atoms with Gasteiger partial charge in [0.2, 0.25) is 0 Å². The molecule has 0 bridgehead atoms. The summed E-state index contributed by atoms with van der Waals surface area (Å²) in [5.74, 6) is -1.31. The van der Waals surface area contributed by atoms with Gasteiger partial charge < -0.3 is 29.5 Å². The molecule has 0 aliphatic carbocycles. The Labute approximate surface area is 92.5 Å². The first-order valence-electron chi connectivity index (χ1n) is 5.04. The molecule has 0 spiro atoms. The van der Waals surface area contributed by atoms with Crippen LogP contribution in [0.4, 0.5) is 0 Å². The van der Waals surface area contributed by atoms with Gasteiger partial charge in [-0.3, -0.25) is 4.74 Å². The van der Waals surface area contributed by atoms with E-state index in [1.807, 2.05) is 0 Å². The third-order valence-corrected chi connectivity index (χ3v) is 2.88. The molecule has 2 heterocycles. The summed E-state index contributed by atoms with van der Waals surface area (Å²) in [6.07, 6.45) is -4.98. The van der Waals surface area contributed by atoms with E-state index in [1.54, 1.807) is 0 Å². The van der Waals surface area contributed by atoms with Gasteiger partial charge in [0.1, 0.15) is 24.4 Å².